The number of ether oxygens (including phenoxy) is 1. The van der Waals surface area contributed by atoms with E-state index in [0.717, 1.165) is 6.07 Å². The van der Waals surface area contributed by atoms with Gasteiger partial charge in [0.1, 0.15) is 27.8 Å². The first kappa shape index (κ1) is 31.5. The SMILES string of the molecule is COc1ccc(N)cc1N=Nc1ccc(NN=C2C(=O)C3C(S(=O)(=O)O)=CC(S(=O)(=O)O)=CC3C=C2S(=O)(=O)O)c(O)c1. The van der Waals surface area contributed by atoms with Crippen LogP contribution in [-0.2, 0) is 35.1 Å². The number of phenolic OH excluding ortho intramolecular Hbond substituents is 1. The van der Waals surface area contributed by atoms with Gasteiger partial charge in [0.2, 0.25) is 0 Å². The van der Waals surface area contributed by atoms with Crippen molar-refractivity contribution in [3.8, 4) is 11.5 Å². The van der Waals surface area contributed by atoms with Gasteiger partial charge in [0.15, 0.2) is 5.78 Å². The van der Waals surface area contributed by atoms with Crippen molar-refractivity contribution in [2.45, 2.75) is 0 Å². The van der Waals surface area contributed by atoms with Crippen LogP contribution in [0.5, 0.6) is 11.5 Å². The molecule has 0 saturated heterocycles. The Balaban J connectivity index is 1.72. The lowest BCUT2D eigenvalue weighted by atomic mass is 9.79. The van der Waals surface area contributed by atoms with Crippen molar-refractivity contribution in [2.75, 3.05) is 18.3 Å². The van der Waals surface area contributed by atoms with Crippen LogP contribution < -0.4 is 15.9 Å². The Morgan fingerprint density at radius 3 is 2.19 bits per heavy atom. The third-order valence-corrected chi connectivity index (χ3v) is 8.75. The molecular formula is C23H21N5O12S3. The molecule has 0 radical (unpaired) electrons. The van der Waals surface area contributed by atoms with Crippen molar-refractivity contribution in [2.24, 2.45) is 27.2 Å². The fourth-order valence-corrected chi connectivity index (χ4v) is 6.39. The summed E-state index contributed by atoms with van der Waals surface area (Å²) in [5.41, 5.74) is 7.53. The number of methoxy groups -OCH3 is 1. The van der Waals surface area contributed by atoms with Crippen LogP contribution in [0.25, 0.3) is 0 Å². The number of rotatable bonds is 8. The summed E-state index contributed by atoms with van der Waals surface area (Å²) in [6.45, 7) is 0. The summed E-state index contributed by atoms with van der Waals surface area (Å²) >= 11 is 0. The van der Waals surface area contributed by atoms with Gasteiger partial charge in [-0.2, -0.15) is 35.5 Å². The van der Waals surface area contributed by atoms with Gasteiger partial charge in [-0.15, -0.1) is 5.11 Å². The zero-order valence-corrected chi connectivity index (χ0v) is 24.0. The van der Waals surface area contributed by atoms with E-state index in [1.54, 1.807) is 12.1 Å². The quantitative estimate of drug-likeness (QED) is 0.0782. The van der Waals surface area contributed by atoms with E-state index in [1.807, 2.05) is 0 Å². The molecule has 0 aliphatic heterocycles. The predicted octanol–water partition coefficient (Wildman–Crippen LogP) is 2.31. The van der Waals surface area contributed by atoms with Crippen LogP contribution in [0.3, 0.4) is 0 Å². The van der Waals surface area contributed by atoms with Crippen LogP contribution >= 0.6 is 0 Å². The number of hydrazone groups is 1. The van der Waals surface area contributed by atoms with Crippen molar-refractivity contribution >= 4 is 64.6 Å². The lowest BCUT2D eigenvalue weighted by Crippen LogP contribution is -2.41. The Morgan fingerprint density at radius 2 is 1.60 bits per heavy atom. The Labute approximate surface area is 244 Å². The molecule has 0 heterocycles. The molecule has 4 rings (SSSR count). The van der Waals surface area contributed by atoms with Gasteiger partial charge >= 0.3 is 0 Å². The zero-order valence-electron chi connectivity index (χ0n) is 21.5. The van der Waals surface area contributed by atoms with E-state index >= 15 is 0 Å². The molecule has 2 unspecified atom stereocenters. The summed E-state index contributed by atoms with van der Waals surface area (Å²) in [5, 5.41) is 22.1. The molecule has 0 aromatic heterocycles. The Morgan fingerprint density at radius 1 is 0.907 bits per heavy atom. The van der Waals surface area contributed by atoms with Crippen LogP contribution in [0.1, 0.15) is 0 Å². The number of azo groups is 1. The summed E-state index contributed by atoms with van der Waals surface area (Å²) in [6.07, 6.45) is 1.62. The van der Waals surface area contributed by atoms with Crippen molar-refractivity contribution < 1.29 is 53.5 Å². The normalized spacial score (nSPS) is 20.3. The zero-order chi connectivity index (χ0) is 31.9. The second-order valence-electron chi connectivity index (χ2n) is 8.90. The number of fused-ring (bicyclic) bond motifs is 1. The van der Waals surface area contributed by atoms with Gasteiger partial charge in [-0.3, -0.25) is 23.9 Å². The summed E-state index contributed by atoms with van der Waals surface area (Å²) in [6, 6.07) is 8.32. The number of nitrogens with two attached hydrogens (primary N) is 1. The molecule has 2 aliphatic rings. The number of phenols is 1. The van der Waals surface area contributed by atoms with Gasteiger partial charge < -0.3 is 15.6 Å². The number of hydrogen-bond acceptors (Lipinski definition) is 14. The topological polar surface area (TPSA) is 285 Å². The second-order valence-corrected chi connectivity index (χ2v) is 13.1. The number of benzene rings is 2. The van der Waals surface area contributed by atoms with E-state index in [9.17, 15) is 48.8 Å². The third kappa shape index (κ3) is 6.79. The number of nitrogens with zero attached hydrogens (tertiary/aromatic N) is 3. The standard InChI is InChI=1S/C23H21N5O12S3/c1-40-18-5-2-12(24)8-16(18)27-25-13-3-4-15(17(29)9-13)26-28-22-20(43(37,38)39)7-11-6-14(41(31,32)33)10-19(42(34,35)36)21(11)23(22)30/h2-11,21,26,29H,24H2,1H3,(H,31,32,33)(H,34,35,36)(H,37,38,39). The van der Waals surface area contributed by atoms with E-state index in [-0.39, 0.29) is 17.1 Å². The number of nitrogen functional groups attached to an aromatic ring is 1. The molecule has 2 aromatic rings. The minimum Gasteiger partial charge on any atom is -0.506 e. The first-order chi connectivity index (χ1) is 19.9. The van der Waals surface area contributed by atoms with Gasteiger partial charge in [-0.1, -0.05) is 12.2 Å². The molecule has 0 bridgehead atoms. The number of nitrogens with one attached hydrogen (secondary N) is 1. The van der Waals surface area contributed by atoms with Crippen molar-refractivity contribution in [1.82, 2.24) is 0 Å². The van der Waals surface area contributed by atoms with Crippen LogP contribution in [0.4, 0.5) is 22.7 Å². The van der Waals surface area contributed by atoms with Crippen molar-refractivity contribution in [1.29, 1.82) is 0 Å². The predicted molar refractivity (Wildman–Crippen MR) is 152 cm³/mol. The van der Waals surface area contributed by atoms with Gasteiger partial charge in [0.25, 0.3) is 30.4 Å². The first-order valence-corrected chi connectivity index (χ1v) is 15.9. The molecular weight excluding hydrogens is 634 g/mol. The molecule has 0 spiro atoms. The van der Waals surface area contributed by atoms with E-state index in [0.29, 0.717) is 29.7 Å². The maximum Gasteiger partial charge on any atom is 0.296 e. The summed E-state index contributed by atoms with van der Waals surface area (Å²) in [7, 11) is -14.2. The molecule has 7 N–H and O–H groups in total. The lowest BCUT2D eigenvalue weighted by molar-refractivity contribution is -0.116. The maximum atomic E-state index is 13.3. The summed E-state index contributed by atoms with van der Waals surface area (Å²) in [4.78, 5) is 9.97. The average Bonchev–Trinajstić information content (AvgIpc) is 2.90. The smallest absolute Gasteiger partial charge is 0.296 e. The first-order valence-electron chi connectivity index (χ1n) is 11.5. The number of Topliss-reactive ketones (excluding diaryl/α,β-unsaturated/α-hetero) is 1. The molecule has 0 amide bonds. The number of ketones is 1. The van der Waals surface area contributed by atoms with E-state index in [2.05, 4.69) is 20.8 Å². The number of anilines is 2. The summed E-state index contributed by atoms with van der Waals surface area (Å²) in [5.74, 6) is -5.11. The van der Waals surface area contributed by atoms with E-state index in [1.165, 1.54) is 25.3 Å². The van der Waals surface area contributed by atoms with Crippen LogP contribution in [-0.4, -0.2) is 62.6 Å². The highest BCUT2D eigenvalue weighted by atomic mass is 32.2. The largest absolute Gasteiger partial charge is 0.506 e. The highest BCUT2D eigenvalue weighted by Crippen LogP contribution is 2.40. The average molecular weight is 656 g/mol. The van der Waals surface area contributed by atoms with Gasteiger partial charge in [0.05, 0.1) is 34.2 Å². The highest BCUT2D eigenvalue weighted by Gasteiger charge is 2.47. The molecule has 228 valence electrons. The van der Waals surface area contributed by atoms with Crippen molar-refractivity contribution in [3.63, 3.8) is 0 Å². The minimum absolute atomic E-state index is 0.127. The molecule has 2 aromatic carbocycles. The van der Waals surface area contributed by atoms with E-state index in [4.69, 9.17) is 10.5 Å². The van der Waals surface area contributed by atoms with Crippen LogP contribution in [0, 0.1) is 11.8 Å². The number of carbonyl (C=O) groups is 1. The van der Waals surface area contributed by atoms with Crippen LogP contribution in [0.2, 0.25) is 0 Å². The van der Waals surface area contributed by atoms with Crippen LogP contribution in [0.15, 0.2) is 84.7 Å². The minimum atomic E-state index is -5.28. The summed E-state index contributed by atoms with van der Waals surface area (Å²) < 4.78 is 106. The maximum absolute atomic E-state index is 13.3. The van der Waals surface area contributed by atoms with E-state index < -0.39 is 74.2 Å². The molecule has 2 aliphatic carbocycles. The fraction of sp³-hybridized carbons (Fsp3) is 0.130. The number of carbonyl (C=O) groups excluding carboxylic acids is 1. The lowest BCUT2D eigenvalue weighted by Gasteiger charge is -2.30. The molecule has 0 saturated carbocycles. The molecule has 2 atom stereocenters. The Kier molecular flexibility index (Phi) is 8.28. The Hall–Kier alpha value is -4.47. The van der Waals surface area contributed by atoms with Gasteiger partial charge in [-0.25, -0.2) is 0 Å². The highest BCUT2D eigenvalue weighted by molar-refractivity contribution is 7.91. The number of allylic oxidation sites excluding steroid dienone is 5. The molecule has 43 heavy (non-hydrogen) atoms. The third-order valence-electron chi connectivity index (χ3n) is 6.04. The molecule has 17 nitrogen and oxygen atoms in total. The monoisotopic (exact) mass is 655 g/mol. The van der Waals surface area contributed by atoms with Gasteiger partial charge in [0, 0.05) is 17.7 Å². The Bertz CT molecular complexity index is 2010. The number of aromatic hydroxyl groups is 1. The molecule has 20 heteroatoms. The molecule has 0 fully saturated rings. The fourth-order valence-electron chi connectivity index (χ4n) is 4.13. The van der Waals surface area contributed by atoms with Gasteiger partial charge in [-0.05, 0) is 36.4 Å². The second kappa shape index (κ2) is 11.3. The van der Waals surface area contributed by atoms with Crippen molar-refractivity contribution in [3.05, 3.63) is 69.3 Å². The number of hydrogen-bond donors (Lipinski definition) is 6.